The van der Waals surface area contributed by atoms with Gasteiger partial charge in [0.05, 0.1) is 0 Å². The van der Waals surface area contributed by atoms with E-state index in [1.54, 1.807) is 6.07 Å². The van der Waals surface area contributed by atoms with Crippen molar-refractivity contribution in [3.8, 4) is 0 Å². The van der Waals surface area contributed by atoms with Gasteiger partial charge in [-0.05, 0) is 48.7 Å². The van der Waals surface area contributed by atoms with Crippen molar-refractivity contribution in [1.29, 1.82) is 0 Å². The predicted octanol–water partition coefficient (Wildman–Crippen LogP) is 4.94. The Hall–Kier alpha value is -1.41. The molecule has 0 spiro atoms. The second kappa shape index (κ2) is 7.56. The van der Waals surface area contributed by atoms with Gasteiger partial charge in [-0.2, -0.15) is 0 Å². The van der Waals surface area contributed by atoms with Gasteiger partial charge in [0.15, 0.2) is 0 Å². The molecule has 0 saturated heterocycles. The number of nitrogens with one attached hydrogen (secondary N) is 1. The quantitative estimate of drug-likeness (QED) is 0.761. The van der Waals surface area contributed by atoms with Gasteiger partial charge in [0.2, 0.25) is 0 Å². The Bertz CT molecular complexity index is 577. The molecule has 1 unspecified atom stereocenters. The van der Waals surface area contributed by atoms with E-state index in [1.807, 2.05) is 30.3 Å². The smallest absolute Gasteiger partial charge is 0.131 e. The van der Waals surface area contributed by atoms with Gasteiger partial charge >= 0.3 is 0 Å². The summed E-state index contributed by atoms with van der Waals surface area (Å²) in [4.78, 5) is 0. The van der Waals surface area contributed by atoms with Crippen LogP contribution in [0.2, 0.25) is 0 Å². The first-order valence-electron chi connectivity index (χ1n) is 7.97. The lowest BCUT2D eigenvalue weighted by atomic mass is 9.95. The molecule has 1 nitrogen and oxygen atoms in total. The fourth-order valence-corrected chi connectivity index (χ4v) is 2.71. The molecule has 0 saturated carbocycles. The molecule has 0 aliphatic rings. The molecule has 114 valence electrons. The van der Waals surface area contributed by atoms with Crippen LogP contribution in [0, 0.1) is 11.7 Å². The second-order valence-electron chi connectivity index (χ2n) is 6.29. The average Bonchev–Trinajstić information content (AvgIpc) is 2.46. The van der Waals surface area contributed by atoms with Crippen molar-refractivity contribution in [2.45, 2.75) is 46.1 Å². The third-order valence-corrected chi connectivity index (χ3v) is 4.06. The molecule has 0 aliphatic carbocycles. The van der Waals surface area contributed by atoms with Crippen molar-refractivity contribution in [2.75, 3.05) is 6.54 Å². The van der Waals surface area contributed by atoms with E-state index in [1.165, 1.54) is 12.0 Å². The van der Waals surface area contributed by atoms with E-state index in [9.17, 15) is 4.39 Å². The zero-order valence-electron chi connectivity index (χ0n) is 13.3. The minimum absolute atomic E-state index is 0.122. The molecule has 2 aromatic carbocycles. The SMILES string of the molecule is CC(CCNC(C)C)CCc1ccc(F)c2ccccc12. The van der Waals surface area contributed by atoms with E-state index >= 15 is 0 Å². The summed E-state index contributed by atoms with van der Waals surface area (Å²) in [7, 11) is 0. The number of aryl methyl sites for hydroxylation is 1. The molecule has 2 aromatic rings. The molecule has 2 heteroatoms. The Morgan fingerprint density at radius 2 is 1.67 bits per heavy atom. The maximum atomic E-state index is 13.8. The minimum atomic E-state index is -0.122. The van der Waals surface area contributed by atoms with Crippen molar-refractivity contribution in [3.63, 3.8) is 0 Å². The third-order valence-electron chi connectivity index (χ3n) is 4.06. The lowest BCUT2D eigenvalue weighted by Crippen LogP contribution is -2.25. The maximum absolute atomic E-state index is 13.8. The van der Waals surface area contributed by atoms with Gasteiger partial charge in [0.1, 0.15) is 5.82 Å². The fraction of sp³-hybridized carbons (Fsp3) is 0.474. The number of fused-ring (bicyclic) bond motifs is 1. The summed E-state index contributed by atoms with van der Waals surface area (Å²) in [6.45, 7) is 7.72. The van der Waals surface area contributed by atoms with E-state index in [0.29, 0.717) is 12.0 Å². The van der Waals surface area contributed by atoms with Crippen LogP contribution in [0.1, 0.15) is 39.2 Å². The number of rotatable bonds is 7. The summed E-state index contributed by atoms with van der Waals surface area (Å²) < 4.78 is 13.8. The van der Waals surface area contributed by atoms with Gasteiger partial charge in [-0.3, -0.25) is 0 Å². The van der Waals surface area contributed by atoms with E-state index < -0.39 is 0 Å². The molecule has 0 aromatic heterocycles. The van der Waals surface area contributed by atoms with Crippen LogP contribution < -0.4 is 5.32 Å². The van der Waals surface area contributed by atoms with Crippen LogP contribution in [0.4, 0.5) is 4.39 Å². The first kappa shape index (κ1) is 16.0. The Morgan fingerprint density at radius 1 is 0.952 bits per heavy atom. The molecular weight excluding hydrogens is 261 g/mol. The molecule has 2 rings (SSSR count). The molecule has 21 heavy (non-hydrogen) atoms. The highest BCUT2D eigenvalue weighted by Gasteiger charge is 2.08. The van der Waals surface area contributed by atoms with Crippen LogP contribution >= 0.6 is 0 Å². The fourth-order valence-electron chi connectivity index (χ4n) is 2.71. The highest BCUT2D eigenvalue weighted by atomic mass is 19.1. The van der Waals surface area contributed by atoms with Crippen LogP contribution in [0.25, 0.3) is 10.8 Å². The topological polar surface area (TPSA) is 12.0 Å². The normalized spacial score (nSPS) is 13.0. The number of benzene rings is 2. The Labute approximate surface area is 127 Å². The van der Waals surface area contributed by atoms with Gasteiger partial charge in [-0.1, -0.05) is 51.1 Å². The largest absolute Gasteiger partial charge is 0.315 e. The molecule has 0 bridgehead atoms. The van der Waals surface area contributed by atoms with Gasteiger partial charge < -0.3 is 5.32 Å². The lowest BCUT2D eigenvalue weighted by molar-refractivity contribution is 0.454. The van der Waals surface area contributed by atoms with E-state index in [2.05, 4.69) is 26.1 Å². The highest BCUT2D eigenvalue weighted by Crippen LogP contribution is 2.24. The summed E-state index contributed by atoms with van der Waals surface area (Å²) in [5.41, 5.74) is 1.26. The van der Waals surface area contributed by atoms with Crippen molar-refractivity contribution in [3.05, 3.63) is 47.8 Å². The van der Waals surface area contributed by atoms with Gasteiger partial charge in [-0.25, -0.2) is 4.39 Å². The van der Waals surface area contributed by atoms with Crippen molar-refractivity contribution in [2.24, 2.45) is 5.92 Å². The van der Waals surface area contributed by atoms with E-state index in [0.717, 1.165) is 30.2 Å². The van der Waals surface area contributed by atoms with Crippen LogP contribution in [0.3, 0.4) is 0 Å². The molecule has 0 amide bonds. The molecule has 0 fully saturated rings. The molecule has 0 radical (unpaired) electrons. The predicted molar refractivity (Wildman–Crippen MR) is 89.1 cm³/mol. The van der Waals surface area contributed by atoms with Gasteiger partial charge in [0.25, 0.3) is 0 Å². The van der Waals surface area contributed by atoms with Gasteiger partial charge in [-0.15, -0.1) is 0 Å². The van der Waals surface area contributed by atoms with Crippen LogP contribution in [0.15, 0.2) is 36.4 Å². The number of hydrogen-bond donors (Lipinski definition) is 1. The number of hydrogen-bond acceptors (Lipinski definition) is 1. The molecule has 1 N–H and O–H groups in total. The van der Waals surface area contributed by atoms with E-state index in [4.69, 9.17) is 0 Å². The first-order chi connectivity index (χ1) is 10.1. The van der Waals surface area contributed by atoms with Crippen molar-refractivity contribution in [1.82, 2.24) is 5.32 Å². The third kappa shape index (κ3) is 4.53. The highest BCUT2D eigenvalue weighted by molar-refractivity contribution is 5.86. The summed E-state index contributed by atoms with van der Waals surface area (Å²) in [5, 5.41) is 5.26. The standard InChI is InChI=1S/C19H26FN/c1-14(2)21-13-12-15(3)8-9-16-10-11-19(20)18-7-5-4-6-17(16)18/h4-7,10-11,14-15,21H,8-9,12-13H2,1-3H3. The summed E-state index contributed by atoms with van der Waals surface area (Å²) in [6, 6.07) is 11.9. The minimum Gasteiger partial charge on any atom is -0.315 e. The number of halogens is 1. The summed E-state index contributed by atoms with van der Waals surface area (Å²) in [5.74, 6) is 0.559. The monoisotopic (exact) mass is 287 g/mol. The average molecular weight is 287 g/mol. The van der Waals surface area contributed by atoms with Crippen LogP contribution in [0.5, 0.6) is 0 Å². The molecule has 0 heterocycles. The molecule has 0 aliphatic heterocycles. The summed E-state index contributed by atoms with van der Waals surface area (Å²) >= 11 is 0. The lowest BCUT2D eigenvalue weighted by Gasteiger charge is -2.14. The summed E-state index contributed by atoms with van der Waals surface area (Å²) in [6.07, 6.45) is 3.36. The van der Waals surface area contributed by atoms with Crippen molar-refractivity contribution < 1.29 is 4.39 Å². The Kier molecular flexibility index (Phi) is 5.75. The van der Waals surface area contributed by atoms with Gasteiger partial charge in [0, 0.05) is 11.4 Å². The first-order valence-corrected chi connectivity index (χ1v) is 7.97. The second-order valence-corrected chi connectivity index (χ2v) is 6.29. The Balaban J connectivity index is 1.96. The maximum Gasteiger partial charge on any atom is 0.131 e. The van der Waals surface area contributed by atoms with E-state index in [-0.39, 0.29) is 5.82 Å². The molecular formula is C19H26FN. The van der Waals surface area contributed by atoms with Crippen LogP contribution in [-0.2, 0) is 6.42 Å². The van der Waals surface area contributed by atoms with Crippen LogP contribution in [-0.4, -0.2) is 12.6 Å². The zero-order chi connectivity index (χ0) is 15.2. The molecule has 1 atom stereocenters. The Morgan fingerprint density at radius 3 is 2.38 bits per heavy atom. The zero-order valence-corrected chi connectivity index (χ0v) is 13.3. The van der Waals surface area contributed by atoms with Crippen molar-refractivity contribution >= 4 is 10.8 Å².